The van der Waals surface area contributed by atoms with E-state index in [2.05, 4.69) is 12.1 Å². The molecule has 0 amide bonds. The molecule has 19 heavy (non-hydrogen) atoms. The molecule has 0 radical (unpaired) electrons. The van der Waals surface area contributed by atoms with E-state index in [1.165, 1.54) is 24.0 Å². The molecular weight excluding hydrogens is 236 g/mol. The van der Waals surface area contributed by atoms with Gasteiger partial charge in [0.15, 0.2) is 0 Å². The number of carbonyl (C=O) groups is 1. The third-order valence-electron chi connectivity index (χ3n) is 4.59. The lowest BCUT2D eigenvalue weighted by atomic mass is 9.90. The van der Waals surface area contributed by atoms with Crippen LogP contribution in [0.1, 0.15) is 61.6 Å². The first-order chi connectivity index (χ1) is 9.29. The molecule has 3 rings (SSSR count). The van der Waals surface area contributed by atoms with Crippen molar-refractivity contribution in [3.8, 4) is 5.75 Å². The highest BCUT2D eigenvalue weighted by Gasteiger charge is 2.28. The van der Waals surface area contributed by atoms with Crippen molar-refractivity contribution in [1.82, 2.24) is 0 Å². The van der Waals surface area contributed by atoms with Gasteiger partial charge in [0, 0.05) is 24.8 Å². The summed E-state index contributed by atoms with van der Waals surface area (Å²) in [4.78, 5) is 11.4. The standard InChI is InChI=1S/C17H22O2/c1-2-14(18)5-3-4-12-6-7-13-8-9-16-15(17(12)13)10-11-19-16/h8-9,12H,2-7,10-11H2,1H3/t12-/m1/s1. The molecular formula is C17H22O2. The molecule has 0 saturated carbocycles. The van der Waals surface area contributed by atoms with Gasteiger partial charge in [-0.1, -0.05) is 13.0 Å². The molecule has 2 aliphatic rings. The Morgan fingerprint density at radius 3 is 3.11 bits per heavy atom. The number of ketones is 1. The maximum absolute atomic E-state index is 11.4. The Hall–Kier alpha value is -1.31. The molecule has 1 aromatic rings. The van der Waals surface area contributed by atoms with E-state index in [-0.39, 0.29) is 0 Å². The Morgan fingerprint density at radius 2 is 2.26 bits per heavy atom. The minimum atomic E-state index is 0.403. The van der Waals surface area contributed by atoms with Crippen molar-refractivity contribution < 1.29 is 9.53 Å². The quantitative estimate of drug-likeness (QED) is 0.803. The fourth-order valence-corrected chi connectivity index (χ4v) is 3.56. The van der Waals surface area contributed by atoms with E-state index in [0.717, 1.165) is 38.0 Å². The van der Waals surface area contributed by atoms with Crippen LogP contribution in [0.2, 0.25) is 0 Å². The second kappa shape index (κ2) is 5.36. The van der Waals surface area contributed by atoms with E-state index in [1.807, 2.05) is 6.92 Å². The highest BCUT2D eigenvalue weighted by molar-refractivity contribution is 5.77. The average molecular weight is 258 g/mol. The van der Waals surface area contributed by atoms with E-state index < -0.39 is 0 Å². The highest BCUT2D eigenvalue weighted by Crippen LogP contribution is 2.43. The summed E-state index contributed by atoms with van der Waals surface area (Å²) in [6, 6.07) is 4.39. The number of benzene rings is 1. The highest BCUT2D eigenvalue weighted by atomic mass is 16.5. The zero-order valence-electron chi connectivity index (χ0n) is 11.7. The number of hydrogen-bond donors (Lipinski definition) is 0. The summed E-state index contributed by atoms with van der Waals surface area (Å²) in [6.07, 6.45) is 7.18. The van der Waals surface area contributed by atoms with Crippen LogP contribution in [0, 0.1) is 0 Å². The largest absolute Gasteiger partial charge is 0.493 e. The molecule has 1 aliphatic heterocycles. The third kappa shape index (κ3) is 2.41. The van der Waals surface area contributed by atoms with Crippen LogP contribution < -0.4 is 4.74 Å². The molecule has 1 aromatic carbocycles. The SMILES string of the molecule is CCC(=O)CCC[C@@H]1CCc2ccc3c(c21)CCO3. The van der Waals surface area contributed by atoms with Crippen LogP contribution in [0.15, 0.2) is 12.1 Å². The maximum Gasteiger partial charge on any atom is 0.132 e. The molecule has 1 heterocycles. The Morgan fingerprint density at radius 1 is 1.37 bits per heavy atom. The smallest absolute Gasteiger partial charge is 0.132 e. The number of ether oxygens (including phenoxy) is 1. The van der Waals surface area contributed by atoms with E-state index in [0.29, 0.717) is 18.1 Å². The lowest BCUT2D eigenvalue weighted by Gasteiger charge is -2.14. The van der Waals surface area contributed by atoms with Crippen LogP contribution in [-0.4, -0.2) is 12.4 Å². The van der Waals surface area contributed by atoms with E-state index >= 15 is 0 Å². The second-order valence-electron chi connectivity index (χ2n) is 5.73. The number of Topliss-reactive ketones (excluding diaryl/α,β-unsaturated/α-hetero) is 1. The van der Waals surface area contributed by atoms with Gasteiger partial charge in [0.05, 0.1) is 6.61 Å². The lowest BCUT2D eigenvalue weighted by molar-refractivity contribution is -0.118. The van der Waals surface area contributed by atoms with Crippen molar-refractivity contribution >= 4 is 5.78 Å². The van der Waals surface area contributed by atoms with Crippen molar-refractivity contribution in [3.05, 3.63) is 28.8 Å². The molecule has 0 aromatic heterocycles. The van der Waals surface area contributed by atoms with E-state index in [1.54, 1.807) is 5.56 Å². The Labute approximate surface area is 115 Å². The van der Waals surface area contributed by atoms with Gasteiger partial charge in [-0.05, 0) is 48.8 Å². The van der Waals surface area contributed by atoms with Gasteiger partial charge in [0.1, 0.15) is 11.5 Å². The van der Waals surface area contributed by atoms with Crippen LogP contribution >= 0.6 is 0 Å². The number of rotatable bonds is 5. The molecule has 0 saturated heterocycles. The first-order valence-electron chi connectivity index (χ1n) is 7.58. The van der Waals surface area contributed by atoms with E-state index in [4.69, 9.17) is 4.74 Å². The predicted octanol–water partition coefficient (Wildman–Crippen LogP) is 3.80. The van der Waals surface area contributed by atoms with Crippen LogP contribution in [0.5, 0.6) is 5.75 Å². The minimum Gasteiger partial charge on any atom is -0.493 e. The van der Waals surface area contributed by atoms with E-state index in [9.17, 15) is 4.79 Å². The summed E-state index contributed by atoms with van der Waals surface area (Å²) < 4.78 is 5.68. The second-order valence-corrected chi connectivity index (χ2v) is 5.73. The Balaban J connectivity index is 1.71. The summed E-state index contributed by atoms with van der Waals surface area (Å²) >= 11 is 0. The summed E-state index contributed by atoms with van der Waals surface area (Å²) in [5.41, 5.74) is 4.55. The predicted molar refractivity (Wildman–Crippen MR) is 75.9 cm³/mol. The van der Waals surface area contributed by atoms with Gasteiger partial charge in [-0.2, -0.15) is 0 Å². The summed E-state index contributed by atoms with van der Waals surface area (Å²) in [5, 5.41) is 0. The third-order valence-corrected chi connectivity index (χ3v) is 4.59. The first-order valence-corrected chi connectivity index (χ1v) is 7.58. The summed E-state index contributed by atoms with van der Waals surface area (Å²) in [7, 11) is 0. The van der Waals surface area contributed by atoms with Gasteiger partial charge >= 0.3 is 0 Å². The zero-order valence-corrected chi connectivity index (χ0v) is 11.7. The van der Waals surface area contributed by atoms with Gasteiger partial charge in [-0.15, -0.1) is 0 Å². The van der Waals surface area contributed by atoms with Crippen molar-refractivity contribution in [1.29, 1.82) is 0 Å². The summed E-state index contributed by atoms with van der Waals surface area (Å²) in [6.45, 7) is 2.80. The van der Waals surface area contributed by atoms with Crippen molar-refractivity contribution in [2.45, 2.75) is 57.8 Å². The molecule has 0 N–H and O–H groups in total. The molecule has 0 spiro atoms. The van der Waals surface area contributed by atoms with Gasteiger partial charge < -0.3 is 4.74 Å². The molecule has 1 atom stereocenters. The van der Waals surface area contributed by atoms with Crippen molar-refractivity contribution in [2.75, 3.05) is 6.61 Å². The van der Waals surface area contributed by atoms with Gasteiger partial charge in [0.2, 0.25) is 0 Å². The van der Waals surface area contributed by atoms with Crippen molar-refractivity contribution in [2.24, 2.45) is 0 Å². The van der Waals surface area contributed by atoms with Crippen LogP contribution in [-0.2, 0) is 17.6 Å². The topological polar surface area (TPSA) is 26.3 Å². The molecule has 2 heteroatoms. The molecule has 0 fully saturated rings. The molecule has 1 aliphatic carbocycles. The van der Waals surface area contributed by atoms with Gasteiger partial charge in [-0.3, -0.25) is 4.79 Å². The fourth-order valence-electron chi connectivity index (χ4n) is 3.56. The van der Waals surface area contributed by atoms with Crippen molar-refractivity contribution in [3.63, 3.8) is 0 Å². The Kier molecular flexibility index (Phi) is 3.58. The van der Waals surface area contributed by atoms with Gasteiger partial charge in [-0.25, -0.2) is 0 Å². The molecule has 0 unspecified atom stereocenters. The first kappa shape index (κ1) is 12.7. The van der Waals surface area contributed by atoms with Gasteiger partial charge in [0.25, 0.3) is 0 Å². The molecule has 0 bridgehead atoms. The Bertz CT molecular complexity index is 490. The summed E-state index contributed by atoms with van der Waals surface area (Å²) in [5.74, 6) is 2.17. The van der Waals surface area contributed by atoms with Crippen LogP contribution in [0.25, 0.3) is 0 Å². The number of carbonyl (C=O) groups excluding carboxylic acids is 1. The number of hydrogen-bond acceptors (Lipinski definition) is 2. The molecule has 2 nitrogen and oxygen atoms in total. The average Bonchev–Trinajstić information content (AvgIpc) is 3.03. The zero-order chi connectivity index (χ0) is 13.2. The van der Waals surface area contributed by atoms with Crippen LogP contribution in [0.3, 0.4) is 0 Å². The number of fused-ring (bicyclic) bond motifs is 3. The van der Waals surface area contributed by atoms with Crippen LogP contribution in [0.4, 0.5) is 0 Å². The monoisotopic (exact) mass is 258 g/mol. The number of aryl methyl sites for hydroxylation is 1. The normalized spacial score (nSPS) is 19.9. The lowest BCUT2D eigenvalue weighted by Crippen LogP contribution is -2.01. The molecule has 102 valence electrons. The minimum absolute atomic E-state index is 0.403. The fraction of sp³-hybridized carbons (Fsp3) is 0.588. The maximum atomic E-state index is 11.4.